The fourth-order valence-electron chi connectivity index (χ4n) is 2.75. The molecule has 1 heterocycles. The van der Waals surface area contributed by atoms with E-state index in [2.05, 4.69) is 51.5 Å². The zero-order chi connectivity index (χ0) is 11.8. The summed E-state index contributed by atoms with van der Waals surface area (Å²) in [6.07, 6.45) is 5.15. The fraction of sp³-hybridized carbons (Fsp3) is 0.833. The molecule has 4 heteroatoms. The van der Waals surface area contributed by atoms with Gasteiger partial charge in [-0.05, 0) is 26.7 Å². The second kappa shape index (κ2) is 4.47. The van der Waals surface area contributed by atoms with Gasteiger partial charge in [0.2, 0.25) is 0 Å². The SMILES string of the molecule is CC(C)n1c(CBr)nnc1C1(C)CCCC1. The molecule has 3 nitrogen and oxygen atoms in total. The van der Waals surface area contributed by atoms with E-state index in [9.17, 15) is 0 Å². The Balaban J connectivity index is 2.44. The molecule has 90 valence electrons. The summed E-state index contributed by atoms with van der Waals surface area (Å²) in [7, 11) is 0. The number of halogens is 1. The predicted molar refractivity (Wildman–Crippen MR) is 68.9 cm³/mol. The highest BCUT2D eigenvalue weighted by molar-refractivity contribution is 9.08. The molecule has 1 aliphatic carbocycles. The molecule has 1 aromatic rings. The Morgan fingerprint density at radius 3 is 2.44 bits per heavy atom. The molecule has 1 fully saturated rings. The van der Waals surface area contributed by atoms with Crippen LogP contribution in [0.3, 0.4) is 0 Å². The Bertz CT molecular complexity index is 364. The van der Waals surface area contributed by atoms with Gasteiger partial charge in [-0.2, -0.15) is 0 Å². The summed E-state index contributed by atoms with van der Waals surface area (Å²) >= 11 is 3.49. The molecule has 0 amide bonds. The molecule has 2 rings (SSSR count). The van der Waals surface area contributed by atoms with E-state index in [-0.39, 0.29) is 5.41 Å². The van der Waals surface area contributed by atoms with E-state index < -0.39 is 0 Å². The van der Waals surface area contributed by atoms with Gasteiger partial charge in [0.25, 0.3) is 0 Å². The van der Waals surface area contributed by atoms with Gasteiger partial charge in [-0.25, -0.2) is 0 Å². The van der Waals surface area contributed by atoms with Crippen molar-refractivity contribution >= 4 is 15.9 Å². The van der Waals surface area contributed by atoms with Crippen molar-refractivity contribution in [3.05, 3.63) is 11.6 Å². The molecule has 0 N–H and O–H groups in total. The van der Waals surface area contributed by atoms with Crippen molar-refractivity contribution in [2.24, 2.45) is 0 Å². The first-order valence-corrected chi connectivity index (χ1v) is 7.21. The van der Waals surface area contributed by atoms with Crippen LogP contribution in [0, 0.1) is 0 Å². The number of hydrogen-bond acceptors (Lipinski definition) is 2. The summed E-state index contributed by atoms with van der Waals surface area (Å²) in [4.78, 5) is 0. The van der Waals surface area contributed by atoms with Crippen LogP contribution in [0.5, 0.6) is 0 Å². The van der Waals surface area contributed by atoms with Crippen LogP contribution in [-0.4, -0.2) is 14.8 Å². The van der Waals surface area contributed by atoms with Gasteiger partial charge in [-0.1, -0.05) is 35.7 Å². The van der Waals surface area contributed by atoms with Crippen molar-refractivity contribution in [3.8, 4) is 0 Å². The topological polar surface area (TPSA) is 30.7 Å². The zero-order valence-corrected chi connectivity index (χ0v) is 11.9. The summed E-state index contributed by atoms with van der Waals surface area (Å²) in [6, 6.07) is 0.440. The molecule has 0 unspecified atom stereocenters. The van der Waals surface area contributed by atoms with Crippen LogP contribution in [0.25, 0.3) is 0 Å². The summed E-state index contributed by atoms with van der Waals surface area (Å²) in [5.74, 6) is 2.24. The summed E-state index contributed by atoms with van der Waals surface area (Å²) < 4.78 is 2.31. The molecule has 0 spiro atoms. The highest BCUT2D eigenvalue weighted by Crippen LogP contribution is 2.40. The lowest BCUT2D eigenvalue weighted by molar-refractivity contribution is 0.411. The molecule has 0 bridgehead atoms. The summed E-state index contributed by atoms with van der Waals surface area (Å²) in [6.45, 7) is 6.75. The van der Waals surface area contributed by atoms with Crippen molar-refractivity contribution in [2.75, 3.05) is 0 Å². The maximum absolute atomic E-state index is 4.44. The summed E-state index contributed by atoms with van der Waals surface area (Å²) in [5, 5.41) is 9.54. The third kappa shape index (κ3) is 1.92. The zero-order valence-electron chi connectivity index (χ0n) is 10.3. The van der Waals surface area contributed by atoms with E-state index in [1.807, 2.05) is 0 Å². The maximum atomic E-state index is 4.44. The lowest BCUT2D eigenvalue weighted by atomic mass is 9.87. The first-order valence-electron chi connectivity index (χ1n) is 6.09. The smallest absolute Gasteiger partial charge is 0.143 e. The molecular weight excluding hydrogens is 266 g/mol. The van der Waals surface area contributed by atoms with E-state index in [1.165, 1.54) is 31.5 Å². The van der Waals surface area contributed by atoms with Gasteiger partial charge in [-0.15, -0.1) is 10.2 Å². The van der Waals surface area contributed by atoms with E-state index in [1.54, 1.807) is 0 Å². The Hall–Kier alpha value is -0.380. The van der Waals surface area contributed by atoms with Crippen molar-refractivity contribution in [2.45, 2.75) is 63.2 Å². The second-order valence-corrected chi connectivity index (χ2v) is 5.87. The standard InChI is InChI=1S/C12H20BrN3/c1-9(2)16-10(8-13)14-15-11(16)12(3)6-4-5-7-12/h9H,4-8H2,1-3H3. The molecule has 1 saturated carbocycles. The van der Waals surface area contributed by atoms with Crippen LogP contribution in [0.4, 0.5) is 0 Å². The van der Waals surface area contributed by atoms with Crippen LogP contribution in [0.1, 0.15) is 64.1 Å². The average molecular weight is 286 g/mol. The molecule has 0 atom stereocenters. The van der Waals surface area contributed by atoms with Crippen LogP contribution < -0.4 is 0 Å². The highest BCUT2D eigenvalue weighted by Gasteiger charge is 2.36. The minimum atomic E-state index is 0.248. The van der Waals surface area contributed by atoms with Crippen LogP contribution in [0.15, 0.2) is 0 Å². The molecule has 0 saturated heterocycles. The fourth-order valence-corrected chi connectivity index (χ4v) is 3.13. The third-order valence-electron chi connectivity index (χ3n) is 3.65. The minimum Gasteiger partial charge on any atom is -0.311 e. The normalized spacial score (nSPS) is 19.6. The monoisotopic (exact) mass is 285 g/mol. The van der Waals surface area contributed by atoms with E-state index in [4.69, 9.17) is 0 Å². The van der Waals surface area contributed by atoms with Gasteiger partial charge in [0.15, 0.2) is 0 Å². The van der Waals surface area contributed by atoms with Crippen molar-refractivity contribution in [1.82, 2.24) is 14.8 Å². The predicted octanol–water partition coefficient (Wildman–Crippen LogP) is 3.59. The molecule has 16 heavy (non-hydrogen) atoms. The maximum Gasteiger partial charge on any atom is 0.143 e. The van der Waals surface area contributed by atoms with Gasteiger partial charge >= 0.3 is 0 Å². The molecule has 1 aliphatic rings. The lowest BCUT2D eigenvalue weighted by Crippen LogP contribution is -2.24. The van der Waals surface area contributed by atoms with Crippen LogP contribution in [-0.2, 0) is 10.7 Å². The molecule has 0 radical (unpaired) electrons. The number of rotatable bonds is 3. The lowest BCUT2D eigenvalue weighted by Gasteiger charge is -2.25. The van der Waals surface area contributed by atoms with Crippen molar-refractivity contribution < 1.29 is 0 Å². The second-order valence-electron chi connectivity index (χ2n) is 5.30. The van der Waals surface area contributed by atoms with Gasteiger partial charge < -0.3 is 4.57 Å². The van der Waals surface area contributed by atoms with E-state index in [0.717, 1.165) is 11.2 Å². The number of hydrogen-bond donors (Lipinski definition) is 0. The Kier molecular flexibility index (Phi) is 3.38. The van der Waals surface area contributed by atoms with Crippen molar-refractivity contribution in [1.29, 1.82) is 0 Å². The first kappa shape index (κ1) is 12.1. The van der Waals surface area contributed by atoms with Crippen LogP contribution >= 0.6 is 15.9 Å². The number of alkyl halides is 1. The van der Waals surface area contributed by atoms with E-state index >= 15 is 0 Å². The Morgan fingerprint density at radius 2 is 1.94 bits per heavy atom. The number of nitrogens with zero attached hydrogens (tertiary/aromatic N) is 3. The quantitative estimate of drug-likeness (QED) is 0.795. The molecule has 0 aromatic carbocycles. The Morgan fingerprint density at radius 1 is 1.31 bits per heavy atom. The average Bonchev–Trinajstić information content (AvgIpc) is 2.83. The first-order chi connectivity index (χ1) is 7.58. The molecule has 1 aromatic heterocycles. The minimum absolute atomic E-state index is 0.248. The number of aromatic nitrogens is 3. The third-order valence-corrected chi connectivity index (χ3v) is 4.15. The van der Waals surface area contributed by atoms with Crippen LogP contribution in [0.2, 0.25) is 0 Å². The largest absolute Gasteiger partial charge is 0.311 e. The van der Waals surface area contributed by atoms with Crippen molar-refractivity contribution in [3.63, 3.8) is 0 Å². The summed E-state index contributed by atoms with van der Waals surface area (Å²) in [5.41, 5.74) is 0.248. The molecule has 0 aliphatic heterocycles. The van der Waals surface area contributed by atoms with Gasteiger partial charge in [-0.3, -0.25) is 0 Å². The highest BCUT2D eigenvalue weighted by atomic mass is 79.9. The van der Waals surface area contributed by atoms with E-state index in [0.29, 0.717) is 6.04 Å². The van der Waals surface area contributed by atoms with Gasteiger partial charge in [0.05, 0.1) is 5.33 Å². The molecular formula is C12H20BrN3. The van der Waals surface area contributed by atoms with Gasteiger partial charge in [0.1, 0.15) is 11.6 Å². The van der Waals surface area contributed by atoms with Gasteiger partial charge in [0, 0.05) is 11.5 Å². The Labute approximate surface area is 106 Å².